The lowest BCUT2D eigenvalue weighted by atomic mass is 9.93. The van der Waals surface area contributed by atoms with E-state index in [1.54, 1.807) is 30.9 Å². The molecule has 0 saturated carbocycles. The summed E-state index contributed by atoms with van der Waals surface area (Å²) in [5.41, 5.74) is 3.74. The highest BCUT2D eigenvalue weighted by Gasteiger charge is 2.34. The second-order valence-electron chi connectivity index (χ2n) is 8.90. The van der Waals surface area contributed by atoms with Crippen molar-refractivity contribution in [3.05, 3.63) is 70.0 Å². The van der Waals surface area contributed by atoms with Gasteiger partial charge in [0.2, 0.25) is 10.0 Å². The van der Waals surface area contributed by atoms with Gasteiger partial charge in [0.15, 0.2) is 0 Å². The van der Waals surface area contributed by atoms with Gasteiger partial charge in [0.1, 0.15) is 18.0 Å². The molecule has 3 aromatic rings. The molecule has 1 aliphatic rings. The minimum absolute atomic E-state index is 0.00385. The molecule has 1 atom stereocenters. The molecule has 0 unspecified atom stereocenters. The van der Waals surface area contributed by atoms with Crippen LogP contribution in [0.5, 0.6) is 11.5 Å². The summed E-state index contributed by atoms with van der Waals surface area (Å²) in [4.78, 5) is 12.0. The predicted octanol–water partition coefficient (Wildman–Crippen LogP) is 5.21. The van der Waals surface area contributed by atoms with Crippen LogP contribution in [0.1, 0.15) is 48.2 Å². The van der Waals surface area contributed by atoms with Crippen LogP contribution >= 0.6 is 11.6 Å². The molecule has 2 aromatic carbocycles. The normalized spacial score (nSPS) is 15.6. The number of fused-ring (bicyclic) bond motifs is 1. The molecular weight excluding hydrogens is 502 g/mol. The summed E-state index contributed by atoms with van der Waals surface area (Å²) < 4.78 is 41.0. The number of rotatable bonds is 8. The number of carbonyl (C=O) groups excluding carboxylic acids is 1. The van der Waals surface area contributed by atoms with Crippen LogP contribution in [-0.2, 0) is 32.5 Å². The van der Waals surface area contributed by atoms with Gasteiger partial charge in [-0.3, -0.25) is 9.48 Å². The third kappa shape index (κ3) is 5.28. The topological polar surface area (TPSA) is 90.7 Å². The monoisotopic (exact) mass is 531 g/mol. The molecule has 0 radical (unpaired) electrons. The van der Waals surface area contributed by atoms with E-state index in [0.717, 1.165) is 35.2 Å². The number of hydrogen-bond donors (Lipinski definition) is 0. The summed E-state index contributed by atoms with van der Waals surface area (Å²) in [7, 11) is -2.30. The Balaban J connectivity index is 1.57. The molecule has 0 N–H and O–H groups in total. The van der Waals surface area contributed by atoms with Gasteiger partial charge in [-0.05, 0) is 69.9 Å². The fourth-order valence-corrected chi connectivity index (χ4v) is 6.21. The Morgan fingerprint density at radius 1 is 1.19 bits per heavy atom. The van der Waals surface area contributed by atoms with E-state index >= 15 is 0 Å². The second-order valence-corrected chi connectivity index (χ2v) is 11.3. The first-order valence-corrected chi connectivity index (χ1v) is 13.7. The summed E-state index contributed by atoms with van der Waals surface area (Å²) in [6.07, 6.45) is 3.79. The van der Waals surface area contributed by atoms with Crippen LogP contribution in [0, 0.1) is 13.8 Å². The zero-order chi connectivity index (χ0) is 26.0. The molecule has 1 heterocycles. The van der Waals surface area contributed by atoms with E-state index in [4.69, 9.17) is 21.1 Å². The summed E-state index contributed by atoms with van der Waals surface area (Å²) >= 11 is 6.45. The number of hydrogen-bond acceptors (Lipinski definition) is 6. The number of halogens is 1. The Bertz CT molecular complexity index is 1390. The van der Waals surface area contributed by atoms with Crippen LogP contribution in [0.25, 0.3) is 0 Å². The van der Waals surface area contributed by atoms with Gasteiger partial charge in [-0.25, -0.2) is 8.42 Å². The van der Waals surface area contributed by atoms with Gasteiger partial charge in [0.05, 0.1) is 28.8 Å². The molecule has 0 bridgehead atoms. The highest BCUT2D eigenvalue weighted by Crippen LogP contribution is 2.38. The Kier molecular flexibility index (Phi) is 7.73. The molecule has 0 saturated heterocycles. The molecule has 0 amide bonds. The zero-order valence-electron chi connectivity index (χ0n) is 20.8. The summed E-state index contributed by atoms with van der Waals surface area (Å²) in [6.45, 7) is 5.99. The van der Waals surface area contributed by atoms with Gasteiger partial charge in [-0.1, -0.05) is 29.3 Å². The van der Waals surface area contributed by atoms with Crippen LogP contribution in [0.15, 0.2) is 47.5 Å². The minimum Gasteiger partial charge on any atom is -0.465 e. The van der Waals surface area contributed by atoms with E-state index in [1.807, 2.05) is 32.0 Å². The number of benzene rings is 2. The highest BCUT2D eigenvalue weighted by molar-refractivity contribution is 7.89. The third-order valence-corrected chi connectivity index (χ3v) is 8.54. The lowest BCUT2D eigenvalue weighted by Gasteiger charge is -2.31. The van der Waals surface area contributed by atoms with E-state index < -0.39 is 16.1 Å². The number of nitrogens with zero attached hydrogens (tertiary/aromatic N) is 3. The SMILES string of the molecule is CCOC(=O)Cn1ncc2c1CCC[C@H]2N(C)S(=O)(=O)c1ccc(Oc2ccc(C)cc2C)c(Cl)c1. The van der Waals surface area contributed by atoms with E-state index in [0.29, 0.717) is 24.5 Å². The van der Waals surface area contributed by atoms with Crippen molar-refractivity contribution in [3.8, 4) is 11.5 Å². The van der Waals surface area contributed by atoms with Crippen LogP contribution in [-0.4, -0.2) is 42.1 Å². The first kappa shape index (κ1) is 26.2. The van der Waals surface area contributed by atoms with Gasteiger partial charge in [0.25, 0.3) is 0 Å². The summed E-state index contributed by atoms with van der Waals surface area (Å²) in [6, 6.07) is 9.90. The average Bonchev–Trinajstić information content (AvgIpc) is 3.24. The molecule has 36 heavy (non-hydrogen) atoms. The van der Waals surface area contributed by atoms with Gasteiger partial charge in [0, 0.05) is 18.3 Å². The number of sulfonamides is 1. The van der Waals surface area contributed by atoms with Crippen molar-refractivity contribution in [1.82, 2.24) is 14.1 Å². The number of aryl methyl sites for hydroxylation is 2. The maximum atomic E-state index is 13.5. The molecule has 0 fully saturated rings. The molecule has 1 aromatic heterocycles. The lowest BCUT2D eigenvalue weighted by Crippen LogP contribution is -2.33. The summed E-state index contributed by atoms with van der Waals surface area (Å²) in [5, 5.41) is 4.55. The Morgan fingerprint density at radius 3 is 2.64 bits per heavy atom. The molecule has 192 valence electrons. The van der Waals surface area contributed by atoms with E-state index in [2.05, 4.69) is 5.10 Å². The van der Waals surface area contributed by atoms with Crippen LogP contribution in [0.4, 0.5) is 0 Å². The molecule has 8 nitrogen and oxygen atoms in total. The van der Waals surface area contributed by atoms with Crippen LogP contribution in [0.2, 0.25) is 5.02 Å². The Labute approximate surface area is 216 Å². The van der Waals surface area contributed by atoms with Crippen molar-refractivity contribution >= 4 is 27.6 Å². The highest BCUT2D eigenvalue weighted by atomic mass is 35.5. The number of esters is 1. The first-order valence-electron chi connectivity index (χ1n) is 11.8. The summed E-state index contributed by atoms with van der Waals surface area (Å²) in [5.74, 6) is 0.666. The van der Waals surface area contributed by atoms with E-state index in [1.165, 1.54) is 16.4 Å². The van der Waals surface area contributed by atoms with Crippen molar-refractivity contribution in [2.24, 2.45) is 0 Å². The smallest absolute Gasteiger partial charge is 0.327 e. The number of ether oxygens (including phenoxy) is 2. The average molecular weight is 532 g/mol. The fourth-order valence-electron chi connectivity index (χ4n) is 4.53. The van der Waals surface area contributed by atoms with E-state index in [-0.39, 0.29) is 22.4 Å². The number of carbonyl (C=O) groups is 1. The standard InChI is InChI=1S/C26H30ClN3O5S/c1-5-34-26(31)16-30-23-8-6-7-22(20(23)15-28-30)29(4)36(32,33)19-10-12-25(21(27)14-19)35-24-11-9-17(2)13-18(24)3/h9-15,22H,5-8,16H2,1-4H3/t22-/m1/s1. The Morgan fingerprint density at radius 2 is 1.94 bits per heavy atom. The second kappa shape index (κ2) is 10.6. The minimum atomic E-state index is -3.86. The third-order valence-electron chi connectivity index (χ3n) is 6.38. The largest absolute Gasteiger partial charge is 0.465 e. The predicted molar refractivity (Wildman–Crippen MR) is 137 cm³/mol. The zero-order valence-corrected chi connectivity index (χ0v) is 22.4. The fraction of sp³-hybridized carbons (Fsp3) is 0.385. The molecule has 10 heteroatoms. The maximum Gasteiger partial charge on any atom is 0.327 e. The van der Waals surface area contributed by atoms with Gasteiger partial charge >= 0.3 is 5.97 Å². The molecule has 0 spiro atoms. The van der Waals surface area contributed by atoms with Crippen molar-refractivity contribution in [1.29, 1.82) is 0 Å². The quantitative estimate of drug-likeness (QED) is 0.371. The van der Waals surface area contributed by atoms with Gasteiger partial charge in [-0.15, -0.1) is 0 Å². The van der Waals surface area contributed by atoms with Crippen molar-refractivity contribution in [2.75, 3.05) is 13.7 Å². The van der Waals surface area contributed by atoms with Crippen LogP contribution in [0.3, 0.4) is 0 Å². The Hall–Kier alpha value is -2.88. The molecular formula is C26H30ClN3O5S. The molecule has 1 aliphatic carbocycles. The van der Waals surface area contributed by atoms with Gasteiger partial charge in [-0.2, -0.15) is 9.40 Å². The van der Waals surface area contributed by atoms with E-state index in [9.17, 15) is 13.2 Å². The molecule has 4 rings (SSSR count). The van der Waals surface area contributed by atoms with Crippen molar-refractivity contribution in [2.45, 2.75) is 57.5 Å². The van der Waals surface area contributed by atoms with Crippen molar-refractivity contribution in [3.63, 3.8) is 0 Å². The lowest BCUT2D eigenvalue weighted by molar-refractivity contribution is -0.144. The van der Waals surface area contributed by atoms with Gasteiger partial charge < -0.3 is 9.47 Å². The first-order chi connectivity index (χ1) is 17.1. The van der Waals surface area contributed by atoms with Crippen LogP contribution < -0.4 is 4.74 Å². The maximum absolute atomic E-state index is 13.5. The van der Waals surface area contributed by atoms with Crippen molar-refractivity contribution < 1.29 is 22.7 Å². The number of aromatic nitrogens is 2. The molecule has 0 aliphatic heterocycles.